The number of carbonyl (C=O) groups excluding carboxylic acids is 1. The van der Waals surface area contributed by atoms with Crippen LogP contribution in [0.4, 0.5) is 0 Å². The minimum atomic E-state index is -0.306. The second-order valence-electron chi connectivity index (χ2n) is 4.07. The van der Waals surface area contributed by atoms with Crippen LogP contribution in [0.3, 0.4) is 0 Å². The molecule has 0 saturated carbocycles. The normalized spacial score (nSPS) is 10.4. The highest BCUT2D eigenvalue weighted by atomic mass is 35.5. The van der Waals surface area contributed by atoms with E-state index in [9.17, 15) is 9.90 Å². The number of nitrogens with zero attached hydrogens (tertiary/aromatic N) is 2. The van der Waals surface area contributed by atoms with Gasteiger partial charge in [0.05, 0.1) is 11.9 Å². The molecule has 0 bridgehead atoms. The summed E-state index contributed by atoms with van der Waals surface area (Å²) in [5.41, 5.74) is 0.229. The fourth-order valence-corrected chi connectivity index (χ4v) is 1.84. The fraction of sp³-hybridized carbons (Fsp3) is 0.231. The molecule has 0 saturated heterocycles. The van der Waals surface area contributed by atoms with Gasteiger partial charge in [-0.3, -0.25) is 4.79 Å². The third-order valence-corrected chi connectivity index (χ3v) is 2.88. The van der Waals surface area contributed by atoms with Crippen LogP contribution in [0.5, 0.6) is 5.75 Å². The van der Waals surface area contributed by atoms with Gasteiger partial charge in [0.15, 0.2) is 0 Å². The maximum absolute atomic E-state index is 11.8. The first kappa shape index (κ1) is 13.4. The summed E-state index contributed by atoms with van der Waals surface area (Å²) < 4.78 is 1.94. The molecule has 0 atom stereocenters. The van der Waals surface area contributed by atoms with Gasteiger partial charge in [0.2, 0.25) is 0 Å². The van der Waals surface area contributed by atoms with E-state index in [4.69, 9.17) is 11.6 Å². The van der Waals surface area contributed by atoms with Crippen molar-refractivity contribution >= 4 is 17.5 Å². The Morgan fingerprint density at radius 2 is 2.32 bits per heavy atom. The molecule has 1 amide bonds. The zero-order chi connectivity index (χ0) is 13.7. The first-order valence-electron chi connectivity index (χ1n) is 5.89. The van der Waals surface area contributed by atoms with E-state index in [1.165, 1.54) is 12.1 Å². The van der Waals surface area contributed by atoms with Crippen LogP contribution >= 0.6 is 11.6 Å². The van der Waals surface area contributed by atoms with Gasteiger partial charge >= 0.3 is 0 Å². The van der Waals surface area contributed by atoms with Crippen LogP contribution in [0.15, 0.2) is 36.9 Å². The highest BCUT2D eigenvalue weighted by Gasteiger charge is 2.10. The number of phenols is 1. The van der Waals surface area contributed by atoms with Crippen molar-refractivity contribution in [1.82, 2.24) is 14.9 Å². The van der Waals surface area contributed by atoms with E-state index in [1.807, 2.05) is 10.8 Å². The Morgan fingerprint density at radius 1 is 1.47 bits per heavy atom. The Bertz CT molecular complexity index is 555. The number of phenolic OH excluding ortho intramolecular Hbond substituents is 1. The second kappa shape index (κ2) is 6.24. The number of nitrogens with one attached hydrogen (secondary N) is 1. The number of aryl methyl sites for hydroxylation is 1. The first-order chi connectivity index (χ1) is 9.16. The van der Waals surface area contributed by atoms with Crippen LogP contribution in [-0.4, -0.2) is 27.1 Å². The molecule has 0 spiro atoms. The van der Waals surface area contributed by atoms with Crippen molar-refractivity contribution < 1.29 is 9.90 Å². The quantitative estimate of drug-likeness (QED) is 0.823. The number of aromatic nitrogens is 2. The van der Waals surface area contributed by atoms with Crippen LogP contribution in [-0.2, 0) is 6.54 Å². The molecule has 5 nitrogen and oxygen atoms in total. The van der Waals surface area contributed by atoms with Crippen LogP contribution in [0.25, 0.3) is 0 Å². The summed E-state index contributed by atoms with van der Waals surface area (Å²) in [4.78, 5) is 15.7. The number of halogens is 1. The van der Waals surface area contributed by atoms with Gasteiger partial charge < -0.3 is 15.0 Å². The molecule has 0 radical (unpaired) electrons. The van der Waals surface area contributed by atoms with Gasteiger partial charge in [0, 0.05) is 30.5 Å². The van der Waals surface area contributed by atoms with Crippen molar-refractivity contribution in [2.75, 3.05) is 6.54 Å². The molecule has 1 aromatic carbocycles. The van der Waals surface area contributed by atoms with Gasteiger partial charge in [-0.2, -0.15) is 0 Å². The summed E-state index contributed by atoms with van der Waals surface area (Å²) in [7, 11) is 0. The van der Waals surface area contributed by atoms with Crippen molar-refractivity contribution in [3.8, 4) is 5.75 Å². The third-order valence-electron chi connectivity index (χ3n) is 2.64. The van der Waals surface area contributed by atoms with Crippen molar-refractivity contribution in [1.29, 1.82) is 0 Å². The molecular formula is C13H14ClN3O2. The molecule has 19 heavy (non-hydrogen) atoms. The number of aromatic hydroxyl groups is 1. The summed E-state index contributed by atoms with van der Waals surface area (Å²) in [5.74, 6) is -0.417. The summed E-state index contributed by atoms with van der Waals surface area (Å²) >= 11 is 5.71. The van der Waals surface area contributed by atoms with E-state index < -0.39 is 0 Å². The summed E-state index contributed by atoms with van der Waals surface area (Å²) in [6.45, 7) is 1.31. The number of carbonyl (C=O) groups is 1. The van der Waals surface area contributed by atoms with Gasteiger partial charge in [-0.25, -0.2) is 4.98 Å². The molecule has 0 aliphatic heterocycles. The van der Waals surface area contributed by atoms with Gasteiger partial charge in [0.25, 0.3) is 5.91 Å². The predicted octanol–water partition coefficient (Wildman–Crippen LogP) is 2.06. The van der Waals surface area contributed by atoms with Gasteiger partial charge in [-0.15, -0.1) is 0 Å². The molecule has 2 rings (SSSR count). The molecular weight excluding hydrogens is 266 g/mol. The van der Waals surface area contributed by atoms with Gasteiger partial charge in [0.1, 0.15) is 5.75 Å². The molecule has 2 N–H and O–H groups in total. The average Bonchev–Trinajstić information content (AvgIpc) is 2.87. The number of imidazole rings is 1. The van der Waals surface area contributed by atoms with Crippen molar-refractivity contribution in [3.05, 3.63) is 47.5 Å². The highest BCUT2D eigenvalue weighted by Crippen LogP contribution is 2.21. The maximum atomic E-state index is 11.8. The Morgan fingerprint density at radius 3 is 3.00 bits per heavy atom. The lowest BCUT2D eigenvalue weighted by atomic mass is 10.2. The van der Waals surface area contributed by atoms with Crippen LogP contribution in [0.2, 0.25) is 5.02 Å². The van der Waals surface area contributed by atoms with E-state index in [-0.39, 0.29) is 17.2 Å². The first-order valence-corrected chi connectivity index (χ1v) is 6.27. The molecule has 1 aromatic heterocycles. The maximum Gasteiger partial charge on any atom is 0.255 e. The lowest BCUT2D eigenvalue weighted by molar-refractivity contribution is 0.0950. The molecule has 1 heterocycles. The predicted molar refractivity (Wildman–Crippen MR) is 72.3 cm³/mol. The molecule has 0 aliphatic carbocycles. The standard InChI is InChI=1S/C13H14ClN3O2/c14-10-2-3-11(12(18)8-10)13(19)16-4-1-6-17-7-5-15-9-17/h2-3,5,7-9,18H,1,4,6H2,(H,16,19). The van der Waals surface area contributed by atoms with Crippen molar-refractivity contribution in [2.45, 2.75) is 13.0 Å². The SMILES string of the molecule is O=C(NCCCn1ccnc1)c1ccc(Cl)cc1O. The highest BCUT2D eigenvalue weighted by molar-refractivity contribution is 6.30. The lowest BCUT2D eigenvalue weighted by Gasteiger charge is -2.07. The molecule has 2 aromatic rings. The average molecular weight is 280 g/mol. The molecule has 0 fully saturated rings. The van der Waals surface area contributed by atoms with Crippen LogP contribution in [0.1, 0.15) is 16.8 Å². The van der Waals surface area contributed by atoms with Gasteiger partial charge in [-0.05, 0) is 24.6 Å². The van der Waals surface area contributed by atoms with Crippen LogP contribution < -0.4 is 5.32 Å². The van der Waals surface area contributed by atoms with E-state index in [0.717, 1.165) is 13.0 Å². The molecule has 100 valence electrons. The van der Waals surface area contributed by atoms with Crippen molar-refractivity contribution in [2.24, 2.45) is 0 Å². The number of benzene rings is 1. The Hall–Kier alpha value is -2.01. The number of hydrogen-bond donors (Lipinski definition) is 2. The zero-order valence-corrected chi connectivity index (χ0v) is 11.0. The van der Waals surface area contributed by atoms with E-state index in [0.29, 0.717) is 11.6 Å². The molecule has 0 unspecified atom stereocenters. The Kier molecular flexibility index (Phi) is 4.41. The third kappa shape index (κ3) is 3.72. The topological polar surface area (TPSA) is 67.2 Å². The Balaban J connectivity index is 1.81. The Labute approximate surface area is 115 Å². The second-order valence-corrected chi connectivity index (χ2v) is 4.51. The summed E-state index contributed by atoms with van der Waals surface area (Å²) in [6.07, 6.45) is 6.10. The fourth-order valence-electron chi connectivity index (χ4n) is 1.67. The molecule has 6 heteroatoms. The van der Waals surface area contributed by atoms with E-state index in [1.54, 1.807) is 18.6 Å². The number of rotatable bonds is 5. The van der Waals surface area contributed by atoms with E-state index >= 15 is 0 Å². The lowest BCUT2D eigenvalue weighted by Crippen LogP contribution is -2.25. The minimum Gasteiger partial charge on any atom is -0.507 e. The summed E-state index contributed by atoms with van der Waals surface area (Å²) in [5, 5.41) is 12.8. The zero-order valence-electron chi connectivity index (χ0n) is 10.2. The number of hydrogen-bond acceptors (Lipinski definition) is 3. The minimum absolute atomic E-state index is 0.111. The number of amides is 1. The largest absolute Gasteiger partial charge is 0.507 e. The molecule has 0 aliphatic rings. The van der Waals surface area contributed by atoms with E-state index in [2.05, 4.69) is 10.3 Å². The van der Waals surface area contributed by atoms with Crippen molar-refractivity contribution in [3.63, 3.8) is 0 Å². The smallest absolute Gasteiger partial charge is 0.255 e. The monoisotopic (exact) mass is 279 g/mol. The summed E-state index contributed by atoms with van der Waals surface area (Å²) in [6, 6.07) is 4.42. The van der Waals surface area contributed by atoms with Gasteiger partial charge in [-0.1, -0.05) is 11.6 Å². The van der Waals surface area contributed by atoms with Crippen LogP contribution in [0, 0.1) is 0 Å².